The van der Waals surface area contributed by atoms with Crippen LogP contribution < -0.4 is 14.2 Å². The number of methoxy groups -OCH3 is 1. The van der Waals surface area contributed by atoms with Crippen molar-refractivity contribution in [3.63, 3.8) is 0 Å². The quantitative estimate of drug-likeness (QED) is 0.0299. The number of nitrogens with zero attached hydrogens (tertiary/aromatic N) is 2. The molecule has 4 aromatic rings. The fourth-order valence-electron chi connectivity index (χ4n) is 9.74. The van der Waals surface area contributed by atoms with E-state index in [9.17, 15) is 19.8 Å². The summed E-state index contributed by atoms with van der Waals surface area (Å²) in [7, 11) is 3.21. The lowest BCUT2D eigenvalue weighted by Crippen LogP contribution is -2.69. The Hall–Kier alpha value is -5.99. The maximum Gasteiger partial charge on any atom is 0.410 e. The van der Waals surface area contributed by atoms with E-state index in [-0.39, 0.29) is 63.8 Å². The Balaban J connectivity index is 1.32. The Labute approximate surface area is 387 Å². The van der Waals surface area contributed by atoms with Crippen LogP contribution in [-0.2, 0) is 32.3 Å². The molecule has 0 radical (unpaired) electrons. The van der Waals surface area contributed by atoms with Crippen LogP contribution in [0.1, 0.15) is 77.9 Å². The molecule has 7 rings (SSSR count). The van der Waals surface area contributed by atoms with Gasteiger partial charge in [-0.2, -0.15) is 0 Å². The molecule has 0 bridgehead atoms. The van der Waals surface area contributed by atoms with Crippen LogP contribution in [0.2, 0.25) is 0 Å². The van der Waals surface area contributed by atoms with Crippen molar-refractivity contribution >= 4 is 18.1 Å². The first kappa shape index (κ1) is 48.0. The number of fused-ring (bicyclic) bond motifs is 2. The molecule has 3 aliphatic rings. The number of benzene rings is 4. The highest BCUT2D eigenvalue weighted by atomic mass is 16.7. The second-order valence-corrected chi connectivity index (χ2v) is 16.9. The topological polar surface area (TPSA) is 155 Å². The average Bonchev–Trinajstić information content (AvgIpc) is 3.34. The minimum atomic E-state index is -1.46. The maximum atomic E-state index is 14.2. The number of allylic oxidation sites excluding steroid dienone is 1. The predicted molar refractivity (Wildman–Crippen MR) is 250 cm³/mol. The number of carbonyl (C=O) groups excluding carboxylic acids is 2. The zero-order valence-electron chi connectivity index (χ0n) is 37.9. The molecule has 1 fully saturated rings. The molecule has 1 heterocycles. The van der Waals surface area contributed by atoms with Crippen LogP contribution >= 0.6 is 0 Å². The number of aliphatic hydroxyl groups excluding tert-OH is 2. The van der Waals surface area contributed by atoms with Crippen molar-refractivity contribution in [2.75, 3.05) is 47.2 Å². The summed E-state index contributed by atoms with van der Waals surface area (Å²) in [6, 6.07) is 29.6. The highest BCUT2D eigenvalue weighted by Gasteiger charge is 2.65. The molecule has 13 heteroatoms. The van der Waals surface area contributed by atoms with E-state index in [1.54, 1.807) is 36.2 Å². The lowest BCUT2D eigenvalue weighted by atomic mass is 9.55. The van der Waals surface area contributed by atoms with Crippen LogP contribution in [0.15, 0.2) is 127 Å². The summed E-state index contributed by atoms with van der Waals surface area (Å²) in [5, 5.41) is 24.8. The first-order valence-corrected chi connectivity index (χ1v) is 22.9. The van der Waals surface area contributed by atoms with E-state index < -0.39 is 23.8 Å². The van der Waals surface area contributed by atoms with Gasteiger partial charge >= 0.3 is 6.09 Å². The number of amides is 1. The molecule has 0 saturated heterocycles. The second kappa shape index (κ2) is 23.5. The Kier molecular flexibility index (Phi) is 17.0. The van der Waals surface area contributed by atoms with E-state index in [1.165, 1.54) is 7.11 Å². The van der Waals surface area contributed by atoms with Crippen LogP contribution in [0.5, 0.6) is 23.0 Å². The lowest BCUT2D eigenvalue weighted by Gasteiger charge is -2.59. The van der Waals surface area contributed by atoms with Gasteiger partial charge in [0.2, 0.25) is 5.79 Å². The Morgan fingerprint density at radius 1 is 0.894 bits per heavy atom. The van der Waals surface area contributed by atoms with Gasteiger partial charge in [-0.25, -0.2) is 4.79 Å². The van der Waals surface area contributed by atoms with Crippen molar-refractivity contribution in [2.24, 2.45) is 22.9 Å². The van der Waals surface area contributed by atoms with Crippen LogP contribution in [0.4, 0.5) is 4.79 Å². The van der Waals surface area contributed by atoms with E-state index >= 15 is 0 Å². The summed E-state index contributed by atoms with van der Waals surface area (Å²) in [4.78, 5) is 33.9. The number of hydrogen-bond acceptors (Lipinski definition) is 12. The van der Waals surface area contributed by atoms with Crippen molar-refractivity contribution in [2.45, 2.75) is 75.9 Å². The van der Waals surface area contributed by atoms with E-state index in [0.29, 0.717) is 53.7 Å². The van der Waals surface area contributed by atoms with E-state index in [1.807, 2.05) is 78.9 Å². The van der Waals surface area contributed by atoms with Crippen molar-refractivity contribution in [3.05, 3.63) is 144 Å². The van der Waals surface area contributed by atoms with Gasteiger partial charge in [-0.3, -0.25) is 4.79 Å². The van der Waals surface area contributed by atoms with Gasteiger partial charge in [0.05, 0.1) is 44.1 Å². The van der Waals surface area contributed by atoms with Crippen LogP contribution in [0, 0.1) is 17.8 Å². The number of oxime groups is 1. The molecule has 0 aromatic heterocycles. The molecule has 1 saturated carbocycles. The maximum absolute atomic E-state index is 14.2. The fraction of sp³-hybridized carbons (Fsp3) is 0.415. The van der Waals surface area contributed by atoms with Crippen molar-refractivity contribution < 1.29 is 53.1 Å². The Morgan fingerprint density at radius 3 is 2.29 bits per heavy atom. The first-order chi connectivity index (χ1) is 32.3. The standard InChI is InChI=1S/C53H62N2O11/c1-4-27-63-53-49(55(2)52(59)62-29-28-61-35-37-15-7-5-8-16-37)33-46(54-64-36-38-17-9-6-10-18-38)44-31-39(19-11-13-25-56)43(20-12-14-26-57)50(51(44)53)45-32-42(22-24-48(45)66-53)65-41-21-23-47(60-3)40(30-41)34-58/h4-10,15-18,21-24,30-32,34,39,43,49-51,56-57H,1,11-14,19-20,25-29,33,35-36H2,2-3H3. The number of ether oxygens (including phenoxy) is 6. The highest BCUT2D eigenvalue weighted by molar-refractivity contribution is 6.03. The van der Waals surface area contributed by atoms with Crippen molar-refractivity contribution in [3.8, 4) is 23.0 Å². The third-order valence-electron chi connectivity index (χ3n) is 12.8. The minimum Gasteiger partial charge on any atom is -0.496 e. The van der Waals surface area contributed by atoms with Gasteiger partial charge in [-0.1, -0.05) is 90.8 Å². The van der Waals surface area contributed by atoms with Crippen molar-refractivity contribution in [1.82, 2.24) is 4.90 Å². The molecule has 2 N–H and O–H groups in total. The summed E-state index contributed by atoms with van der Waals surface area (Å²) in [5.41, 5.74) is 4.78. The molecular formula is C53H62N2O11. The van der Waals surface area contributed by atoms with Gasteiger partial charge in [0, 0.05) is 38.2 Å². The smallest absolute Gasteiger partial charge is 0.410 e. The molecule has 13 nitrogen and oxygen atoms in total. The zero-order valence-corrected chi connectivity index (χ0v) is 37.9. The third-order valence-corrected chi connectivity index (χ3v) is 12.8. The molecule has 2 aliphatic carbocycles. The number of carbonyl (C=O) groups is 2. The summed E-state index contributed by atoms with van der Waals surface area (Å²) in [5.74, 6) is -0.241. The molecule has 350 valence electrons. The van der Waals surface area contributed by atoms with Gasteiger partial charge in [-0.05, 0) is 90.6 Å². The fourth-order valence-corrected chi connectivity index (χ4v) is 9.74. The molecule has 1 aliphatic heterocycles. The predicted octanol–water partition coefficient (Wildman–Crippen LogP) is 9.42. The monoisotopic (exact) mass is 902 g/mol. The number of aldehydes is 1. The zero-order chi connectivity index (χ0) is 46.3. The molecular weight excluding hydrogens is 841 g/mol. The lowest BCUT2D eigenvalue weighted by molar-refractivity contribution is -0.253. The van der Waals surface area contributed by atoms with E-state index in [2.05, 4.69) is 12.7 Å². The Bertz CT molecular complexity index is 2290. The molecule has 0 spiro atoms. The van der Waals surface area contributed by atoms with Crippen LogP contribution in [0.25, 0.3) is 0 Å². The molecule has 6 unspecified atom stereocenters. The number of aliphatic hydroxyl groups is 2. The normalized spacial score (nSPS) is 22.2. The molecule has 6 atom stereocenters. The minimum absolute atomic E-state index is 0.000472. The van der Waals surface area contributed by atoms with Gasteiger partial charge in [0.15, 0.2) is 6.29 Å². The summed E-state index contributed by atoms with van der Waals surface area (Å²) in [6.45, 7) is 5.11. The third kappa shape index (κ3) is 11.2. The van der Waals surface area contributed by atoms with E-state index in [4.69, 9.17) is 38.4 Å². The second-order valence-electron chi connectivity index (χ2n) is 16.9. The van der Waals surface area contributed by atoms with Crippen molar-refractivity contribution in [1.29, 1.82) is 0 Å². The first-order valence-electron chi connectivity index (χ1n) is 22.9. The Morgan fingerprint density at radius 2 is 1.59 bits per heavy atom. The van der Waals surface area contributed by atoms with Gasteiger partial charge < -0.3 is 48.4 Å². The molecule has 1 amide bonds. The summed E-state index contributed by atoms with van der Waals surface area (Å²) < 4.78 is 37.8. The average molecular weight is 903 g/mol. The number of likely N-dealkylation sites (N-methyl/N-ethyl adjacent to an activating group) is 1. The summed E-state index contributed by atoms with van der Waals surface area (Å²) >= 11 is 0. The number of rotatable bonds is 24. The molecule has 4 aromatic carbocycles. The SMILES string of the molecule is C=CCOC12Oc3ccc(Oc4ccc(OC)c(C=O)c4)cc3C3C(CCCCO)C(CCCCO)C=C(C(=NOCc4ccccc4)CC1N(C)C(=O)OCCOCc1ccccc1)C32. The number of hydrogen-bond donors (Lipinski definition) is 2. The number of unbranched alkanes of at least 4 members (excludes halogenated alkanes) is 2. The van der Waals surface area contributed by atoms with E-state index in [0.717, 1.165) is 54.2 Å². The van der Waals surface area contributed by atoms with Gasteiger partial charge in [0.25, 0.3) is 0 Å². The summed E-state index contributed by atoms with van der Waals surface area (Å²) in [6.07, 6.45) is 8.73. The largest absolute Gasteiger partial charge is 0.496 e. The van der Waals surface area contributed by atoms with Crippen LogP contribution in [0.3, 0.4) is 0 Å². The highest BCUT2D eigenvalue weighted by Crippen LogP contribution is 2.62. The van der Waals surface area contributed by atoms with Gasteiger partial charge in [-0.15, -0.1) is 6.58 Å². The van der Waals surface area contributed by atoms with Gasteiger partial charge in [0.1, 0.15) is 42.3 Å². The molecule has 66 heavy (non-hydrogen) atoms. The van der Waals surface area contributed by atoms with Crippen LogP contribution in [-0.4, -0.2) is 92.2 Å².